The number of rotatable bonds is 5. The van der Waals surface area contributed by atoms with Crippen LogP contribution in [-0.2, 0) is 19.0 Å². The van der Waals surface area contributed by atoms with Gasteiger partial charge in [0.05, 0.1) is 0 Å². The zero-order valence-electron chi connectivity index (χ0n) is 15.1. The first-order valence-corrected chi connectivity index (χ1v) is 9.69. The lowest BCUT2D eigenvalue weighted by Crippen LogP contribution is -2.46. The Morgan fingerprint density at radius 1 is 1.24 bits per heavy atom. The number of hydrogen-bond acceptors (Lipinski definition) is 2. The molecule has 4 nitrogen and oxygen atoms in total. The molecule has 0 aromatic carbocycles. The number of thiophene rings is 1. The molecule has 1 aliphatic rings. The second-order valence-corrected chi connectivity index (χ2v) is 7.73. The van der Waals surface area contributed by atoms with E-state index >= 15 is 0 Å². The summed E-state index contributed by atoms with van der Waals surface area (Å²) >= 11 is 1.90. The normalized spacial score (nSPS) is 17.0. The standard InChI is InChI=1S/C19H28N4S.HI/c1-20-18(21-13-16-8-11-23(2)14-16)22-15-19(9-4-3-5-10-19)17-7-6-12-24-17;/h6-8,11-12,14H,3-5,9-10,13,15H2,1-2H3,(H2,20,21,22);1H. The van der Waals surface area contributed by atoms with Gasteiger partial charge in [0.25, 0.3) is 0 Å². The average Bonchev–Trinajstić information content (AvgIpc) is 3.28. The highest BCUT2D eigenvalue weighted by Gasteiger charge is 2.34. The van der Waals surface area contributed by atoms with E-state index in [2.05, 4.69) is 56.2 Å². The van der Waals surface area contributed by atoms with E-state index in [0.717, 1.165) is 19.0 Å². The van der Waals surface area contributed by atoms with Crippen LogP contribution in [-0.4, -0.2) is 24.1 Å². The molecular weight excluding hydrogens is 443 g/mol. The van der Waals surface area contributed by atoms with Crippen LogP contribution in [0.2, 0.25) is 0 Å². The molecule has 3 rings (SSSR count). The molecule has 0 saturated heterocycles. The zero-order chi connectivity index (χ0) is 16.8. The summed E-state index contributed by atoms with van der Waals surface area (Å²) < 4.78 is 2.07. The molecule has 138 valence electrons. The second kappa shape index (κ2) is 9.62. The number of aliphatic imine (C=N–C) groups is 1. The van der Waals surface area contributed by atoms with Crippen LogP contribution in [0.5, 0.6) is 0 Å². The summed E-state index contributed by atoms with van der Waals surface area (Å²) in [7, 11) is 3.89. The molecule has 6 heteroatoms. The van der Waals surface area contributed by atoms with E-state index in [9.17, 15) is 0 Å². The average molecular weight is 472 g/mol. The van der Waals surface area contributed by atoms with Gasteiger partial charge in [-0.3, -0.25) is 4.99 Å². The molecule has 2 heterocycles. The Hall–Kier alpha value is -1.02. The van der Waals surface area contributed by atoms with Crippen molar-refractivity contribution < 1.29 is 0 Å². The number of nitrogens with one attached hydrogen (secondary N) is 2. The van der Waals surface area contributed by atoms with Crippen molar-refractivity contribution in [3.63, 3.8) is 0 Å². The summed E-state index contributed by atoms with van der Waals surface area (Å²) in [6.07, 6.45) is 10.8. The van der Waals surface area contributed by atoms with Crippen LogP contribution < -0.4 is 10.6 Å². The SMILES string of the molecule is CN=C(NCc1ccn(C)c1)NCC1(c2cccs2)CCCCC1.I. The minimum absolute atomic E-state index is 0. The molecule has 1 saturated carbocycles. The Bertz CT molecular complexity index is 657. The molecule has 0 unspecified atom stereocenters. The van der Waals surface area contributed by atoms with Gasteiger partial charge in [-0.1, -0.05) is 25.3 Å². The molecule has 0 spiro atoms. The van der Waals surface area contributed by atoms with Crippen molar-refractivity contribution in [2.24, 2.45) is 12.0 Å². The molecule has 0 radical (unpaired) electrons. The summed E-state index contributed by atoms with van der Waals surface area (Å²) in [5, 5.41) is 9.22. The number of aromatic nitrogens is 1. The van der Waals surface area contributed by atoms with Gasteiger partial charge in [-0.15, -0.1) is 35.3 Å². The maximum atomic E-state index is 4.40. The number of guanidine groups is 1. The Morgan fingerprint density at radius 2 is 2.04 bits per heavy atom. The predicted molar refractivity (Wildman–Crippen MR) is 118 cm³/mol. The Labute approximate surface area is 172 Å². The largest absolute Gasteiger partial charge is 0.357 e. The van der Waals surface area contributed by atoms with Crippen molar-refractivity contribution in [3.05, 3.63) is 46.4 Å². The minimum Gasteiger partial charge on any atom is -0.357 e. The molecule has 25 heavy (non-hydrogen) atoms. The van der Waals surface area contributed by atoms with Crippen LogP contribution in [0.15, 0.2) is 41.0 Å². The third-order valence-electron chi connectivity index (χ3n) is 5.03. The Morgan fingerprint density at radius 3 is 2.64 bits per heavy atom. The minimum atomic E-state index is 0. The first kappa shape index (κ1) is 20.3. The molecule has 2 aromatic rings. The number of hydrogen-bond donors (Lipinski definition) is 2. The van der Waals surface area contributed by atoms with E-state index in [-0.39, 0.29) is 29.4 Å². The molecule has 1 aliphatic carbocycles. The summed E-state index contributed by atoms with van der Waals surface area (Å²) in [4.78, 5) is 5.92. The van der Waals surface area contributed by atoms with Crippen molar-refractivity contribution >= 4 is 41.3 Å². The topological polar surface area (TPSA) is 41.4 Å². The van der Waals surface area contributed by atoms with E-state index in [0.29, 0.717) is 0 Å². The summed E-state index contributed by atoms with van der Waals surface area (Å²) in [5.41, 5.74) is 1.54. The van der Waals surface area contributed by atoms with Gasteiger partial charge in [-0.25, -0.2) is 0 Å². The highest BCUT2D eigenvalue weighted by atomic mass is 127. The maximum absolute atomic E-state index is 4.40. The number of aryl methyl sites for hydroxylation is 1. The van der Waals surface area contributed by atoms with Crippen LogP contribution in [0.3, 0.4) is 0 Å². The second-order valence-electron chi connectivity index (χ2n) is 6.78. The molecule has 0 bridgehead atoms. The van der Waals surface area contributed by atoms with Crippen LogP contribution in [0, 0.1) is 0 Å². The highest BCUT2D eigenvalue weighted by Crippen LogP contribution is 2.41. The lowest BCUT2D eigenvalue weighted by molar-refractivity contribution is 0.296. The van der Waals surface area contributed by atoms with Gasteiger partial charge >= 0.3 is 0 Å². The van der Waals surface area contributed by atoms with E-state index < -0.39 is 0 Å². The maximum Gasteiger partial charge on any atom is 0.191 e. The van der Waals surface area contributed by atoms with E-state index in [1.807, 2.05) is 25.4 Å². The molecule has 2 aromatic heterocycles. The molecule has 1 fully saturated rings. The monoisotopic (exact) mass is 472 g/mol. The van der Waals surface area contributed by atoms with Gasteiger partial charge in [0.15, 0.2) is 5.96 Å². The van der Waals surface area contributed by atoms with Gasteiger partial charge in [-0.2, -0.15) is 0 Å². The van der Waals surface area contributed by atoms with E-state index in [1.54, 1.807) is 0 Å². The lowest BCUT2D eigenvalue weighted by Gasteiger charge is -2.37. The van der Waals surface area contributed by atoms with Crippen LogP contribution in [0.1, 0.15) is 42.5 Å². The highest BCUT2D eigenvalue weighted by molar-refractivity contribution is 14.0. The van der Waals surface area contributed by atoms with Crippen LogP contribution >= 0.6 is 35.3 Å². The summed E-state index contributed by atoms with van der Waals surface area (Å²) in [6, 6.07) is 6.62. The van der Waals surface area contributed by atoms with Crippen molar-refractivity contribution in [3.8, 4) is 0 Å². The number of halogens is 1. The molecule has 0 amide bonds. The number of nitrogens with zero attached hydrogens (tertiary/aromatic N) is 2. The quantitative estimate of drug-likeness (QED) is 0.388. The Balaban J connectivity index is 0.00000225. The van der Waals surface area contributed by atoms with Gasteiger partial charge in [0.1, 0.15) is 0 Å². The molecular formula is C19H29IN4S. The van der Waals surface area contributed by atoms with Crippen molar-refractivity contribution in [2.45, 2.75) is 44.1 Å². The van der Waals surface area contributed by atoms with Crippen LogP contribution in [0.4, 0.5) is 0 Å². The van der Waals surface area contributed by atoms with Crippen molar-refractivity contribution in [1.29, 1.82) is 0 Å². The molecule has 2 N–H and O–H groups in total. The fraction of sp³-hybridized carbons (Fsp3) is 0.526. The van der Waals surface area contributed by atoms with Gasteiger partial charge in [0, 0.05) is 49.9 Å². The van der Waals surface area contributed by atoms with Crippen LogP contribution in [0.25, 0.3) is 0 Å². The zero-order valence-corrected chi connectivity index (χ0v) is 18.3. The first-order chi connectivity index (χ1) is 11.7. The predicted octanol–water partition coefficient (Wildman–Crippen LogP) is 4.27. The fourth-order valence-corrected chi connectivity index (χ4v) is 4.63. The van der Waals surface area contributed by atoms with E-state index in [4.69, 9.17) is 0 Å². The third kappa shape index (κ3) is 5.23. The van der Waals surface area contributed by atoms with E-state index in [1.165, 1.54) is 42.5 Å². The van der Waals surface area contributed by atoms with Gasteiger partial charge in [0.2, 0.25) is 0 Å². The van der Waals surface area contributed by atoms with Crippen molar-refractivity contribution in [1.82, 2.24) is 15.2 Å². The third-order valence-corrected chi connectivity index (χ3v) is 6.14. The lowest BCUT2D eigenvalue weighted by atomic mass is 9.73. The first-order valence-electron chi connectivity index (χ1n) is 8.81. The molecule has 0 aliphatic heterocycles. The summed E-state index contributed by atoms with van der Waals surface area (Å²) in [5.74, 6) is 0.889. The fourth-order valence-electron chi connectivity index (χ4n) is 3.64. The summed E-state index contributed by atoms with van der Waals surface area (Å²) in [6.45, 7) is 1.76. The van der Waals surface area contributed by atoms with Crippen molar-refractivity contribution in [2.75, 3.05) is 13.6 Å². The smallest absolute Gasteiger partial charge is 0.191 e. The van der Waals surface area contributed by atoms with Gasteiger partial charge < -0.3 is 15.2 Å². The Kier molecular flexibility index (Phi) is 7.81. The molecule has 0 atom stereocenters. The van der Waals surface area contributed by atoms with Gasteiger partial charge in [-0.05, 0) is 35.9 Å².